The molecular weight excluding hydrogens is 505 g/mol. The van der Waals surface area contributed by atoms with Gasteiger partial charge < -0.3 is 14.3 Å². The highest BCUT2D eigenvalue weighted by Gasteiger charge is 2.52. The number of hydrazone groups is 1. The van der Waals surface area contributed by atoms with E-state index >= 15 is 0 Å². The molecule has 0 aliphatic carbocycles. The molecule has 0 saturated carbocycles. The van der Waals surface area contributed by atoms with Crippen molar-refractivity contribution in [2.24, 2.45) is 22.5 Å². The number of benzene rings is 2. The molecule has 0 atom stereocenters. The number of aromatic nitrogens is 2. The molecule has 0 amide bonds. The van der Waals surface area contributed by atoms with Crippen molar-refractivity contribution in [2.45, 2.75) is 57.6 Å². The second kappa shape index (κ2) is 8.93. The average molecular weight is 537 g/mol. The molecule has 2 aliphatic rings. The summed E-state index contributed by atoms with van der Waals surface area (Å²) >= 11 is 0. The van der Waals surface area contributed by atoms with E-state index < -0.39 is 28.3 Å². The highest BCUT2D eigenvalue weighted by Crippen LogP contribution is 2.37. The Hall–Kier alpha value is -3.22. The summed E-state index contributed by atoms with van der Waals surface area (Å²) in [5.41, 5.74) is 2.04. The van der Waals surface area contributed by atoms with Crippen LogP contribution in [0.3, 0.4) is 0 Å². The molecule has 1 saturated heterocycles. The Balaban J connectivity index is 1.49. The number of aryl methyl sites for hydroxylation is 1. The van der Waals surface area contributed by atoms with Gasteiger partial charge in [0.25, 0.3) is 10.0 Å². The van der Waals surface area contributed by atoms with Gasteiger partial charge in [0, 0.05) is 19.2 Å². The van der Waals surface area contributed by atoms with Crippen LogP contribution in [0.25, 0.3) is 11.0 Å². The lowest BCUT2D eigenvalue weighted by atomic mass is 9.79. The van der Waals surface area contributed by atoms with Crippen LogP contribution in [-0.4, -0.2) is 59.9 Å². The fourth-order valence-electron chi connectivity index (χ4n) is 4.45. The molecule has 1 N–H and O–H groups in total. The second-order valence-corrected chi connectivity index (χ2v) is 12.8. The van der Waals surface area contributed by atoms with Gasteiger partial charge in [0.05, 0.1) is 28.5 Å². The van der Waals surface area contributed by atoms with Gasteiger partial charge in [-0.1, -0.05) is 32.0 Å². The van der Waals surface area contributed by atoms with E-state index in [1.165, 1.54) is 4.57 Å². The largest absolute Gasteiger partial charge is 0.494 e. The minimum atomic E-state index is -3.94. The van der Waals surface area contributed by atoms with Crippen molar-refractivity contribution in [2.75, 3.05) is 6.54 Å². The normalized spacial score (nSPS) is 19.5. The third kappa shape index (κ3) is 4.50. The molecule has 38 heavy (non-hydrogen) atoms. The van der Waals surface area contributed by atoms with E-state index in [9.17, 15) is 13.2 Å². The Kier molecular flexibility index (Phi) is 6.20. The van der Waals surface area contributed by atoms with Crippen molar-refractivity contribution in [1.29, 1.82) is 0 Å². The van der Waals surface area contributed by atoms with Crippen LogP contribution in [0.5, 0.6) is 0 Å². The van der Waals surface area contributed by atoms with E-state index in [0.717, 1.165) is 16.6 Å². The van der Waals surface area contributed by atoms with Gasteiger partial charge in [0.1, 0.15) is 4.90 Å². The van der Waals surface area contributed by atoms with Crippen LogP contribution >= 0.6 is 0 Å². The molecule has 1 aromatic heterocycles. The molecule has 2 aromatic carbocycles. The van der Waals surface area contributed by atoms with Crippen LogP contribution in [0.4, 0.5) is 0 Å². The predicted molar refractivity (Wildman–Crippen MR) is 149 cm³/mol. The molecule has 1 fully saturated rings. The van der Waals surface area contributed by atoms with E-state index in [-0.39, 0.29) is 22.3 Å². The number of rotatable bonds is 5. The van der Waals surface area contributed by atoms with Crippen LogP contribution in [0.2, 0.25) is 0 Å². The third-order valence-electron chi connectivity index (χ3n) is 7.31. The van der Waals surface area contributed by atoms with E-state index in [0.29, 0.717) is 17.6 Å². The minimum absolute atomic E-state index is 0.104. The maximum atomic E-state index is 13.2. The van der Waals surface area contributed by atoms with Crippen molar-refractivity contribution in [3.8, 4) is 0 Å². The third-order valence-corrected chi connectivity index (χ3v) is 8.62. The summed E-state index contributed by atoms with van der Waals surface area (Å²) in [5.74, 6) is 0.444. The number of nitrogens with one attached hydrogen (secondary N) is 1. The van der Waals surface area contributed by atoms with Gasteiger partial charge in [-0.3, -0.25) is 4.57 Å². The first-order valence-electron chi connectivity index (χ1n) is 12.5. The summed E-state index contributed by atoms with van der Waals surface area (Å²) in [6.07, 6.45) is 1.64. The molecule has 12 heteroatoms. The summed E-state index contributed by atoms with van der Waals surface area (Å²) in [7, 11) is -2.93. The molecule has 5 rings (SSSR count). The van der Waals surface area contributed by atoms with Crippen molar-refractivity contribution in [3.05, 3.63) is 58.0 Å². The number of fused-ring (bicyclic) bond motifs is 2. The Bertz CT molecular complexity index is 1640. The maximum Gasteiger partial charge on any atom is 0.494 e. The van der Waals surface area contributed by atoms with Crippen LogP contribution in [0.15, 0.2) is 55.6 Å². The van der Waals surface area contributed by atoms with Crippen molar-refractivity contribution >= 4 is 45.7 Å². The zero-order valence-electron chi connectivity index (χ0n) is 22.6. The number of hydrogen-bond acceptors (Lipinski definition) is 7. The molecule has 10 nitrogen and oxygen atoms in total. The van der Waals surface area contributed by atoms with Crippen LogP contribution < -0.4 is 11.2 Å². The van der Waals surface area contributed by atoms with Gasteiger partial charge in [-0.25, -0.2) is 9.80 Å². The van der Waals surface area contributed by atoms with Gasteiger partial charge in [-0.2, -0.15) is 13.5 Å². The Morgan fingerprint density at radius 3 is 2.47 bits per heavy atom. The minimum Gasteiger partial charge on any atom is -0.399 e. The van der Waals surface area contributed by atoms with Crippen molar-refractivity contribution in [1.82, 2.24) is 14.6 Å². The van der Waals surface area contributed by atoms with Gasteiger partial charge in [-0.05, 0) is 62.8 Å². The Morgan fingerprint density at radius 1 is 1.13 bits per heavy atom. The quantitative estimate of drug-likeness (QED) is 0.304. The second-order valence-electron chi connectivity index (χ2n) is 11.2. The number of hydrogen-bond donors (Lipinski definition) is 1. The van der Waals surface area contributed by atoms with Crippen LogP contribution in [0.1, 0.15) is 52.7 Å². The molecular formula is C26H32BN5O5S. The molecule has 200 valence electrons. The lowest BCUT2D eigenvalue weighted by Gasteiger charge is -2.32. The summed E-state index contributed by atoms with van der Waals surface area (Å²) < 4.78 is 44.2. The van der Waals surface area contributed by atoms with Crippen LogP contribution in [0, 0.1) is 5.92 Å². The Labute approximate surface area is 222 Å². The summed E-state index contributed by atoms with van der Waals surface area (Å²) in [6.45, 7) is 12.3. The highest BCUT2D eigenvalue weighted by molar-refractivity contribution is 7.90. The lowest BCUT2D eigenvalue weighted by Crippen LogP contribution is -2.41. The number of nitrogens with zero attached hydrogens (tertiary/aromatic N) is 4. The Morgan fingerprint density at radius 2 is 1.82 bits per heavy atom. The lowest BCUT2D eigenvalue weighted by molar-refractivity contribution is 0.00578. The summed E-state index contributed by atoms with van der Waals surface area (Å²) in [5, 5.41) is 6.24. The standard InChI is InChI=1S/C26H32BN5O5S/c1-16(2)15-32(28-14-17-8-11-20-21(12-17)31(7)24(33)29-20)23-19-10-9-18(13-22(19)38(34,35)30-23)27-36-25(3,4)26(5,6)37-27/h8-14,16H,15H2,1-7H3,(H,29,33)/b28-14+. The molecule has 0 bridgehead atoms. The number of imidazole rings is 1. The van der Waals surface area contributed by atoms with E-state index in [2.05, 4.69) is 14.5 Å². The van der Waals surface area contributed by atoms with Crippen molar-refractivity contribution in [3.63, 3.8) is 0 Å². The van der Waals surface area contributed by atoms with Crippen molar-refractivity contribution < 1.29 is 17.7 Å². The first-order chi connectivity index (χ1) is 17.7. The van der Waals surface area contributed by atoms with Gasteiger partial charge >= 0.3 is 12.8 Å². The topological polar surface area (TPSA) is 118 Å². The van der Waals surface area contributed by atoms with E-state index in [1.807, 2.05) is 65.8 Å². The highest BCUT2D eigenvalue weighted by atomic mass is 32.2. The van der Waals surface area contributed by atoms with Gasteiger partial charge in [-0.15, -0.1) is 4.40 Å². The molecule has 0 unspecified atom stereocenters. The summed E-state index contributed by atoms with van der Waals surface area (Å²) in [4.78, 5) is 14.8. The van der Waals surface area contributed by atoms with E-state index in [4.69, 9.17) is 9.31 Å². The van der Waals surface area contributed by atoms with Crippen LogP contribution in [-0.2, 0) is 26.4 Å². The molecule has 2 aliphatic heterocycles. The number of H-pyrrole nitrogens is 1. The number of aromatic amines is 1. The monoisotopic (exact) mass is 537 g/mol. The van der Waals surface area contributed by atoms with Gasteiger partial charge in [0.15, 0.2) is 5.84 Å². The zero-order chi connectivity index (χ0) is 27.6. The summed E-state index contributed by atoms with van der Waals surface area (Å²) in [6, 6.07) is 10.6. The molecule has 3 heterocycles. The van der Waals surface area contributed by atoms with Gasteiger partial charge in [0.2, 0.25) is 0 Å². The zero-order valence-corrected chi connectivity index (χ0v) is 23.5. The number of sulfonamides is 1. The fraction of sp³-hybridized carbons (Fsp3) is 0.423. The average Bonchev–Trinajstić information content (AvgIpc) is 3.35. The molecule has 3 aromatic rings. The molecule has 0 radical (unpaired) electrons. The van der Waals surface area contributed by atoms with E-state index in [1.54, 1.807) is 30.4 Å². The maximum absolute atomic E-state index is 13.2. The first-order valence-corrected chi connectivity index (χ1v) is 14.0. The smallest absolute Gasteiger partial charge is 0.399 e. The molecule has 0 spiro atoms. The fourth-order valence-corrected chi connectivity index (χ4v) is 5.69. The number of amidine groups is 1. The predicted octanol–water partition coefficient (Wildman–Crippen LogP) is 2.61. The SMILES string of the molecule is CC(C)CN(/N=C/c1ccc2[nH]c(=O)n(C)c2c1)C1=NS(=O)(=O)c2cc(B3OC(C)(C)C(C)(C)O3)ccc21. The first kappa shape index (κ1) is 26.4.